The van der Waals surface area contributed by atoms with Crippen LogP contribution in [0.15, 0.2) is 51.9 Å². The van der Waals surface area contributed by atoms with Crippen molar-refractivity contribution < 1.29 is 0 Å². The maximum absolute atomic E-state index is 4.69. The maximum atomic E-state index is 4.69. The number of hydrogen-bond acceptors (Lipinski definition) is 5. The van der Waals surface area contributed by atoms with E-state index in [4.69, 9.17) is 0 Å². The lowest BCUT2D eigenvalue weighted by Crippen LogP contribution is -2.31. The van der Waals surface area contributed by atoms with Crippen LogP contribution in [0.5, 0.6) is 0 Å². The van der Waals surface area contributed by atoms with Crippen LogP contribution in [0.1, 0.15) is 5.56 Å². The zero-order chi connectivity index (χ0) is 11.9. The van der Waals surface area contributed by atoms with Crippen LogP contribution in [0.3, 0.4) is 0 Å². The quantitative estimate of drug-likeness (QED) is 0.783. The van der Waals surface area contributed by atoms with Crippen LogP contribution < -0.4 is 5.01 Å². The molecule has 0 unspecified atom stereocenters. The lowest BCUT2D eigenvalue weighted by molar-refractivity contribution is 0.654. The van der Waals surface area contributed by atoms with Crippen LogP contribution >= 0.6 is 11.3 Å². The summed E-state index contributed by atoms with van der Waals surface area (Å²) in [6.07, 6.45) is 1.86. The van der Waals surface area contributed by atoms with E-state index in [9.17, 15) is 0 Å². The zero-order valence-electron chi connectivity index (χ0n) is 9.52. The summed E-state index contributed by atoms with van der Waals surface area (Å²) >= 11 is 1.69. The van der Waals surface area contributed by atoms with Gasteiger partial charge >= 0.3 is 0 Å². The highest BCUT2D eigenvalue weighted by molar-refractivity contribution is 7.14. The summed E-state index contributed by atoms with van der Waals surface area (Å²) in [7, 11) is 0. The lowest BCUT2D eigenvalue weighted by Gasteiger charge is -2.19. The molecule has 3 heterocycles. The number of nitrogens with zero attached hydrogens (tertiary/aromatic N) is 4. The van der Waals surface area contributed by atoms with Gasteiger partial charge in [0.15, 0.2) is 5.84 Å². The molecule has 0 fully saturated rings. The van der Waals surface area contributed by atoms with Crippen molar-refractivity contribution in [1.29, 1.82) is 0 Å². The van der Waals surface area contributed by atoms with E-state index in [0.29, 0.717) is 0 Å². The summed E-state index contributed by atoms with van der Waals surface area (Å²) in [5.41, 5.74) is 2.08. The number of hydrogen-bond donors (Lipinski definition) is 0. The number of para-hydroxylation sites is 1. The summed E-state index contributed by atoms with van der Waals surface area (Å²) in [5, 5.41) is 9.92. The van der Waals surface area contributed by atoms with Crippen molar-refractivity contribution in [3.8, 4) is 0 Å². The predicted molar refractivity (Wildman–Crippen MR) is 74.6 cm³/mol. The van der Waals surface area contributed by atoms with Gasteiger partial charge in [0, 0.05) is 5.56 Å². The Morgan fingerprint density at radius 3 is 2.94 bits per heavy atom. The van der Waals surface area contributed by atoms with Crippen molar-refractivity contribution in [2.24, 2.45) is 10.1 Å². The number of thiophene rings is 1. The third-order valence-electron chi connectivity index (χ3n) is 3.02. The molecule has 2 aliphatic rings. The Balaban J connectivity index is 1.80. The number of anilines is 1. The molecule has 1 aromatic heterocycles. The first-order valence-corrected chi connectivity index (χ1v) is 6.60. The average molecular weight is 254 g/mol. The summed E-state index contributed by atoms with van der Waals surface area (Å²) in [6, 6.07) is 12.2. The van der Waals surface area contributed by atoms with E-state index in [1.54, 1.807) is 11.3 Å². The molecule has 0 atom stereocenters. The summed E-state index contributed by atoms with van der Waals surface area (Å²) < 4.78 is 0. The van der Waals surface area contributed by atoms with Crippen molar-refractivity contribution in [2.75, 3.05) is 11.7 Å². The molecule has 0 radical (unpaired) electrons. The molecule has 2 aliphatic heterocycles. The van der Waals surface area contributed by atoms with E-state index < -0.39 is 0 Å². The molecule has 4 rings (SSSR count). The summed E-state index contributed by atoms with van der Waals surface area (Å²) in [4.78, 5) is 6.52. The van der Waals surface area contributed by atoms with E-state index in [1.165, 1.54) is 0 Å². The SMILES string of the molecule is C1=Nc2ccccc2C2=NN(c3cccs3)CN12. The van der Waals surface area contributed by atoms with Gasteiger partial charge in [-0.2, -0.15) is 5.10 Å². The van der Waals surface area contributed by atoms with Crippen molar-refractivity contribution >= 4 is 34.2 Å². The van der Waals surface area contributed by atoms with Crippen molar-refractivity contribution in [3.63, 3.8) is 0 Å². The Hall–Kier alpha value is -2.14. The number of aliphatic imine (C=N–C) groups is 1. The largest absolute Gasteiger partial charge is 0.295 e. The molecule has 0 saturated heterocycles. The second-order valence-corrected chi connectivity index (χ2v) is 5.07. The number of benzene rings is 1. The Kier molecular flexibility index (Phi) is 2.01. The molecule has 2 aromatic rings. The molecule has 0 aliphatic carbocycles. The molecule has 0 amide bonds. The molecule has 4 nitrogen and oxygen atoms in total. The molecule has 1 aromatic carbocycles. The molecule has 5 heteroatoms. The summed E-state index contributed by atoms with van der Waals surface area (Å²) in [5.74, 6) is 0.981. The Morgan fingerprint density at radius 2 is 2.06 bits per heavy atom. The lowest BCUT2D eigenvalue weighted by atomic mass is 10.1. The van der Waals surface area contributed by atoms with E-state index in [1.807, 2.05) is 35.6 Å². The van der Waals surface area contributed by atoms with Gasteiger partial charge in [0.05, 0.1) is 12.0 Å². The number of amidine groups is 1. The van der Waals surface area contributed by atoms with E-state index in [2.05, 4.69) is 32.5 Å². The van der Waals surface area contributed by atoms with Gasteiger partial charge in [-0.05, 0) is 29.6 Å². The van der Waals surface area contributed by atoms with Crippen LogP contribution in [-0.2, 0) is 0 Å². The van der Waals surface area contributed by atoms with E-state index >= 15 is 0 Å². The van der Waals surface area contributed by atoms with E-state index in [0.717, 1.165) is 28.8 Å². The Bertz CT molecular complexity index is 645. The van der Waals surface area contributed by atoms with Crippen LogP contribution in [0.2, 0.25) is 0 Å². The minimum Gasteiger partial charge on any atom is -0.295 e. The van der Waals surface area contributed by atoms with Gasteiger partial charge in [-0.15, -0.1) is 11.3 Å². The Labute approximate surface area is 108 Å². The van der Waals surface area contributed by atoms with Gasteiger partial charge in [-0.25, -0.2) is 10.0 Å². The van der Waals surface area contributed by atoms with Gasteiger partial charge in [-0.3, -0.25) is 4.90 Å². The minimum absolute atomic E-state index is 0.730. The van der Waals surface area contributed by atoms with Crippen molar-refractivity contribution in [1.82, 2.24) is 4.90 Å². The number of hydrazone groups is 1. The molecule has 18 heavy (non-hydrogen) atoms. The highest BCUT2D eigenvalue weighted by Gasteiger charge is 2.28. The van der Waals surface area contributed by atoms with Crippen LogP contribution in [-0.4, -0.2) is 23.7 Å². The van der Waals surface area contributed by atoms with Gasteiger partial charge in [0.1, 0.15) is 11.7 Å². The van der Waals surface area contributed by atoms with Gasteiger partial charge < -0.3 is 0 Å². The number of rotatable bonds is 1. The molecule has 0 saturated carbocycles. The molecular formula is C13H10N4S. The highest BCUT2D eigenvalue weighted by Crippen LogP contribution is 2.30. The fraction of sp³-hybridized carbons (Fsp3) is 0.0769. The standard InChI is InChI=1S/C13H10N4S/c1-2-5-11-10(4-1)13-15-17(9-16(13)8-14-11)12-6-3-7-18-12/h1-8H,9H2. The molecule has 0 spiro atoms. The zero-order valence-corrected chi connectivity index (χ0v) is 10.3. The first kappa shape index (κ1) is 9.85. The second kappa shape index (κ2) is 3.68. The van der Waals surface area contributed by atoms with Crippen LogP contribution in [0.4, 0.5) is 10.7 Å². The maximum Gasteiger partial charge on any atom is 0.165 e. The summed E-state index contributed by atoms with van der Waals surface area (Å²) in [6.45, 7) is 0.730. The topological polar surface area (TPSA) is 31.2 Å². The fourth-order valence-corrected chi connectivity index (χ4v) is 2.83. The molecule has 0 N–H and O–H groups in total. The second-order valence-electron chi connectivity index (χ2n) is 4.15. The Morgan fingerprint density at radius 1 is 1.11 bits per heavy atom. The van der Waals surface area contributed by atoms with Crippen LogP contribution in [0, 0.1) is 0 Å². The molecule has 0 bridgehead atoms. The highest BCUT2D eigenvalue weighted by atomic mass is 32.1. The third kappa shape index (κ3) is 1.37. The molecule has 88 valence electrons. The average Bonchev–Trinajstić information content (AvgIpc) is 3.07. The van der Waals surface area contributed by atoms with Gasteiger partial charge in [0.25, 0.3) is 0 Å². The first-order valence-electron chi connectivity index (χ1n) is 5.72. The van der Waals surface area contributed by atoms with E-state index in [-0.39, 0.29) is 0 Å². The van der Waals surface area contributed by atoms with Gasteiger partial charge in [0.2, 0.25) is 0 Å². The molecular weight excluding hydrogens is 244 g/mol. The van der Waals surface area contributed by atoms with Crippen molar-refractivity contribution in [3.05, 3.63) is 47.3 Å². The monoisotopic (exact) mass is 254 g/mol. The third-order valence-corrected chi connectivity index (χ3v) is 3.90. The normalized spacial score (nSPS) is 16.6. The van der Waals surface area contributed by atoms with Crippen LogP contribution in [0.25, 0.3) is 0 Å². The minimum atomic E-state index is 0.730. The fourth-order valence-electron chi connectivity index (χ4n) is 2.16. The first-order chi connectivity index (χ1) is 8.92. The smallest absolute Gasteiger partial charge is 0.165 e. The van der Waals surface area contributed by atoms with Gasteiger partial charge in [-0.1, -0.05) is 12.1 Å². The number of fused-ring (bicyclic) bond motifs is 3. The van der Waals surface area contributed by atoms with Crippen molar-refractivity contribution in [2.45, 2.75) is 0 Å². The predicted octanol–water partition coefficient (Wildman–Crippen LogP) is 2.86.